The predicted octanol–water partition coefficient (Wildman–Crippen LogP) is 9.64. The first kappa shape index (κ1) is 37.3. The Kier molecular flexibility index (Phi) is 17.3. The van der Waals surface area contributed by atoms with E-state index in [9.17, 15) is 9.46 Å². The number of benzene rings is 2. The third-order valence-electron chi connectivity index (χ3n) is 7.57. The van der Waals surface area contributed by atoms with Crippen LogP contribution in [0.3, 0.4) is 0 Å². The zero-order valence-corrected chi connectivity index (χ0v) is 29.4. The van der Waals surface area contributed by atoms with E-state index in [1.54, 1.807) is 30.0 Å². The molecule has 45 heavy (non-hydrogen) atoms. The summed E-state index contributed by atoms with van der Waals surface area (Å²) in [6.45, 7) is 9.92. The lowest BCUT2D eigenvalue weighted by atomic mass is 10.1. The van der Waals surface area contributed by atoms with Gasteiger partial charge in [0.15, 0.2) is 0 Å². The second-order valence-electron chi connectivity index (χ2n) is 11.6. The van der Waals surface area contributed by atoms with Crippen molar-refractivity contribution in [3.8, 4) is 17.2 Å². The average molecular weight is 664 g/mol. The number of thioether (sulfide) groups is 1. The van der Waals surface area contributed by atoms with E-state index in [0.29, 0.717) is 25.5 Å². The summed E-state index contributed by atoms with van der Waals surface area (Å²) >= 11 is 1.79. The molecule has 0 amide bonds. The summed E-state index contributed by atoms with van der Waals surface area (Å²) in [7, 11) is -4.39. The van der Waals surface area contributed by atoms with Crippen LogP contribution >= 0.6 is 19.6 Å². The van der Waals surface area contributed by atoms with Crippen LogP contribution in [0.2, 0.25) is 0 Å². The lowest BCUT2D eigenvalue weighted by Gasteiger charge is -2.21. The number of rotatable bonds is 24. The van der Waals surface area contributed by atoms with Gasteiger partial charge >= 0.3 is 7.82 Å². The summed E-state index contributed by atoms with van der Waals surface area (Å²) in [5.41, 5.74) is 1.89. The zero-order chi connectivity index (χ0) is 32.3. The highest BCUT2D eigenvalue weighted by atomic mass is 32.2. The maximum Gasteiger partial charge on any atom is 0.527 e. The number of phosphoric ester groups is 1. The summed E-state index contributed by atoms with van der Waals surface area (Å²) in [5.74, 6) is 2.65. The largest absolute Gasteiger partial charge is 0.527 e. The number of unbranched alkanes of at least 4 members (excludes halogenated alkanes) is 9. The normalized spacial score (nSPS) is 15.0. The SMILES string of the molecule is CCCCCCCCCCCCOc1cccc(OCC(COP(=O)(O)Oc2cccc(CN3C=C(C)SC3)c2)OCC)c1C. The highest BCUT2D eigenvalue weighted by Gasteiger charge is 2.26. The van der Waals surface area contributed by atoms with Crippen molar-refractivity contribution in [2.75, 3.05) is 32.3 Å². The van der Waals surface area contributed by atoms with Crippen molar-refractivity contribution in [3.63, 3.8) is 0 Å². The van der Waals surface area contributed by atoms with Gasteiger partial charge in [0.05, 0.1) is 19.1 Å². The quantitative estimate of drug-likeness (QED) is 0.0871. The summed E-state index contributed by atoms with van der Waals surface area (Å²) in [6, 6.07) is 12.9. The number of hydrogen-bond donors (Lipinski definition) is 1. The van der Waals surface area contributed by atoms with Gasteiger partial charge in [0.1, 0.15) is 30.0 Å². The van der Waals surface area contributed by atoms with E-state index in [2.05, 4.69) is 24.9 Å². The van der Waals surface area contributed by atoms with Crippen LogP contribution in [-0.4, -0.2) is 48.2 Å². The first-order chi connectivity index (χ1) is 21.8. The fourth-order valence-electron chi connectivity index (χ4n) is 5.12. The Hall–Kier alpha value is -2.16. The molecule has 0 bridgehead atoms. The molecule has 252 valence electrons. The van der Waals surface area contributed by atoms with Crippen molar-refractivity contribution in [3.05, 3.63) is 64.7 Å². The third kappa shape index (κ3) is 14.9. The third-order valence-corrected chi connectivity index (χ3v) is 9.51. The molecule has 0 radical (unpaired) electrons. The molecule has 8 nitrogen and oxygen atoms in total. The smallest absolute Gasteiger partial charge is 0.493 e. The van der Waals surface area contributed by atoms with Crippen molar-refractivity contribution < 1.29 is 32.7 Å². The molecular formula is C35H54NO7PS. The van der Waals surface area contributed by atoms with Crippen LogP contribution in [0.5, 0.6) is 17.2 Å². The molecule has 2 aromatic rings. The fraction of sp³-hybridized carbons (Fsp3) is 0.600. The molecular weight excluding hydrogens is 609 g/mol. The van der Waals surface area contributed by atoms with E-state index in [0.717, 1.165) is 29.2 Å². The molecule has 3 rings (SSSR count). The minimum Gasteiger partial charge on any atom is -0.493 e. The average Bonchev–Trinajstić information content (AvgIpc) is 3.42. The van der Waals surface area contributed by atoms with Crippen molar-refractivity contribution >= 4 is 19.6 Å². The number of nitrogens with zero attached hydrogens (tertiary/aromatic N) is 1. The molecule has 0 saturated carbocycles. The molecule has 0 aromatic heterocycles. The van der Waals surface area contributed by atoms with Crippen molar-refractivity contribution in [1.82, 2.24) is 4.90 Å². The van der Waals surface area contributed by atoms with Crippen molar-refractivity contribution in [2.45, 2.75) is 105 Å². The fourth-order valence-corrected chi connectivity index (χ4v) is 6.67. The molecule has 1 heterocycles. The van der Waals surface area contributed by atoms with Gasteiger partial charge in [0, 0.05) is 24.9 Å². The molecule has 0 fully saturated rings. The van der Waals surface area contributed by atoms with Crippen LogP contribution in [0, 0.1) is 6.92 Å². The molecule has 0 aliphatic carbocycles. The molecule has 1 N–H and O–H groups in total. The molecule has 0 spiro atoms. The van der Waals surface area contributed by atoms with Gasteiger partial charge in [0.2, 0.25) is 0 Å². The molecule has 10 heteroatoms. The first-order valence-corrected chi connectivity index (χ1v) is 19.1. The van der Waals surface area contributed by atoms with Gasteiger partial charge in [-0.3, -0.25) is 9.42 Å². The van der Waals surface area contributed by atoms with Crippen molar-refractivity contribution in [1.29, 1.82) is 0 Å². The number of allylic oxidation sites excluding steroid dienone is 1. The van der Waals surface area contributed by atoms with Gasteiger partial charge in [-0.2, -0.15) is 0 Å². The van der Waals surface area contributed by atoms with E-state index in [-0.39, 0.29) is 19.0 Å². The maximum absolute atomic E-state index is 12.8. The van der Waals surface area contributed by atoms with Gasteiger partial charge in [-0.25, -0.2) is 4.57 Å². The van der Waals surface area contributed by atoms with E-state index < -0.39 is 13.9 Å². The van der Waals surface area contributed by atoms with Crippen LogP contribution < -0.4 is 14.0 Å². The molecule has 0 saturated heterocycles. The molecule has 1 aliphatic heterocycles. The standard InChI is InChI=1S/C35H54NO7PS/c1-5-7-8-9-10-11-12-13-14-15-22-40-34-20-17-21-35(30(34)4)41-26-33(39-6-2)27-42-44(37,38)43-32-19-16-18-31(23-32)25-36-24-29(3)45-28-36/h16-21,23-24,33H,5-15,22,25-28H2,1-4H3,(H,37,38). The van der Waals surface area contributed by atoms with Gasteiger partial charge in [-0.05, 0) is 61.9 Å². The van der Waals surface area contributed by atoms with Crippen LogP contribution in [-0.2, 0) is 20.4 Å². The monoisotopic (exact) mass is 663 g/mol. The Balaban J connectivity index is 1.40. The first-order valence-electron chi connectivity index (χ1n) is 16.6. The van der Waals surface area contributed by atoms with Crippen molar-refractivity contribution in [2.24, 2.45) is 0 Å². The van der Waals surface area contributed by atoms with E-state index in [1.807, 2.05) is 38.1 Å². The van der Waals surface area contributed by atoms with Gasteiger partial charge < -0.3 is 23.6 Å². The minimum absolute atomic E-state index is 0.146. The van der Waals surface area contributed by atoms with Gasteiger partial charge in [0.25, 0.3) is 0 Å². The second kappa shape index (κ2) is 20.9. The highest BCUT2D eigenvalue weighted by molar-refractivity contribution is 8.03. The summed E-state index contributed by atoms with van der Waals surface area (Å²) in [5, 5.41) is 0. The Morgan fingerprint density at radius 3 is 2.22 bits per heavy atom. The van der Waals surface area contributed by atoms with E-state index in [4.69, 9.17) is 23.3 Å². The van der Waals surface area contributed by atoms with Crippen LogP contribution in [0.15, 0.2) is 53.6 Å². The number of hydrogen-bond acceptors (Lipinski definition) is 8. The summed E-state index contributed by atoms with van der Waals surface area (Å²) in [6.07, 6.45) is 14.4. The summed E-state index contributed by atoms with van der Waals surface area (Å²) < 4.78 is 41.4. The number of ether oxygens (including phenoxy) is 3. The predicted molar refractivity (Wildman–Crippen MR) is 184 cm³/mol. The van der Waals surface area contributed by atoms with Crippen LogP contribution in [0.25, 0.3) is 0 Å². The zero-order valence-electron chi connectivity index (χ0n) is 27.7. The second-order valence-corrected chi connectivity index (χ2v) is 14.1. The van der Waals surface area contributed by atoms with Crippen LogP contribution in [0.1, 0.15) is 96.1 Å². The molecule has 1 aliphatic rings. The summed E-state index contributed by atoms with van der Waals surface area (Å²) in [4.78, 5) is 13.9. The lowest BCUT2D eigenvalue weighted by Crippen LogP contribution is -2.27. The van der Waals surface area contributed by atoms with Gasteiger partial charge in [-0.1, -0.05) is 82.9 Å². The number of phosphoric acid groups is 1. The molecule has 2 atom stereocenters. The Morgan fingerprint density at radius 1 is 0.889 bits per heavy atom. The van der Waals surface area contributed by atoms with E-state index >= 15 is 0 Å². The Bertz CT molecular complexity index is 1210. The molecule has 2 aromatic carbocycles. The minimum atomic E-state index is -4.39. The van der Waals surface area contributed by atoms with Gasteiger partial charge in [-0.15, -0.1) is 11.8 Å². The lowest BCUT2D eigenvalue weighted by molar-refractivity contribution is -0.00727. The maximum atomic E-state index is 12.8. The topological polar surface area (TPSA) is 86.7 Å². The van der Waals surface area contributed by atoms with E-state index in [1.165, 1.54) is 62.7 Å². The highest BCUT2D eigenvalue weighted by Crippen LogP contribution is 2.44. The van der Waals surface area contributed by atoms with Crippen LogP contribution in [0.4, 0.5) is 0 Å². The Labute approximate surface area is 275 Å². The molecule has 2 unspecified atom stereocenters. The Morgan fingerprint density at radius 2 is 1.56 bits per heavy atom.